The van der Waals surface area contributed by atoms with E-state index in [9.17, 15) is 17.6 Å². The third kappa shape index (κ3) is 2.95. The minimum absolute atomic E-state index is 0.154. The number of nitrogen functional groups attached to an aromatic ring is 1. The maximum Gasteiger partial charge on any atom is 0.433 e. The first-order valence-electron chi connectivity index (χ1n) is 5.51. The number of aromatic nitrogens is 2. The zero-order chi connectivity index (χ0) is 14.9. The standard InChI is InChI=1S/C12H10F4N4/c1-6-7(13)3-2-4-8(6)18-10-5-9(12(14,15)16)19-11(17)20-10/h2-5H,1H3,(H3,17,18,19,20). The SMILES string of the molecule is Cc1c(F)cccc1Nc1cc(C(F)(F)F)nc(N)n1. The first-order valence-corrected chi connectivity index (χ1v) is 5.51. The molecule has 0 aliphatic heterocycles. The molecule has 106 valence electrons. The lowest BCUT2D eigenvalue weighted by atomic mass is 10.2. The molecule has 0 bridgehead atoms. The largest absolute Gasteiger partial charge is 0.433 e. The van der Waals surface area contributed by atoms with Crippen LogP contribution in [0.25, 0.3) is 0 Å². The van der Waals surface area contributed by atoms with Gasteiger partial charge in [-0.3, -0.25) is 0 Å². The van der Waals surface area contributed by atoms with Crippen LogP contribution in [0.5, 0.6) is 0 Å². The first-order chi connectivity index (χ1) is 9.27. The molecule has 2 rings (SSSR count). The van der Waals surface area contributed by atoms with Gasteiger partial charge in [0.1, 0.15) is 11.6 Å². The number of anilines is 3. The maximum atomic E-state index is 13.4. The van der Waals surface area contributed by atoms with Crippen LogP contribution >= 0.6 is 0 Å². The van der Waals surface area contributed by atoms with Gasteiger partial charge in [0.15, 0.2) is 5.69 Å². The summed E-state index contributed by atoms with van der Waals surface area (Å²) >= 11 is 0. The predicted octanol–water partition coefficient (Wildman–Crippen LogP) is 3.27. The Morgan fingerprint density at radius 3 is 2.55 bits per heavy atom. The van der Waals surface area contributed by atoms with E-state index in [0.717, 1.165) is 0 Å². The summed E-state index contributed by atoms with van der Waals surface area (Å²) in [6, 6.07) is 4.90. The van der Waals surface area contributed by atoms with Crippen molar-refractivity contribution in [3.05, 3.63) is 41.3 Å². The van der Waals surface area contributed by atoms with Gasteiger partial charge in [-0.25, -0.2) is 9.37 Å². The number of alkyl halides is 3. The summed E-state index contributed by atoms with van der Waals surface area (Å²) in [6.45, 7) is 1.49. The topological polar surface area (TPSA) is 63.8 Å². The van der Waals surface area contributed by atoms with Gasteiger partial charge in [0.25, 0.3) is 0 Å². The summed E-state index contributed by atoms with van der Waals surface area (Å²) in [6.07, 6.45) is -4.63. The number of halogens is 4. The zero-order valence-corrected chi connectivity index (χ0v) is 10.3. The lowest BCUT2D eigenvalue weighted by Gasteiger charge is -2.12. The van der Waals surface area contributed by atoms with Gasteiger partial charge < -0.3 is 11.1 Å². The Morgan fingerprint density at radius 1 is 1.20 bits per heavy atom. The molecule has 1 aromatic heterocycles. The second-order valence-electron chi connectivity index (χ2n) is 4.03. The van der Waals surface area contributed by atoms with Crippen LogP contribution in [0.4, 0.5) is 35.0 Å². The number of hydrogen-bond acceptors (Lipinski definition) is 4. The molecular weight excluding hydrogens is 276 g/mol. The Balaban J connectivity index is 2.39. The molecule has 0 atom stereocenters. The van der Waals surface area contributed by atoms with Crippen LogP contribution in [0, 0.1) is 12.7 Å². The number of rotatable bonds is 2. The molecule has 3 N–H and O–H groups in total. The van der Waals surface area contributed by atoms with E-state index >= 15 is 0 Å². The average molecular weight is 286 g/mol. The Kier molecular flexibility index (Phi) is 3.47. The van der Waals surface area contributed by atoms with E-state index in [4.69, 9.17) is 5.73 Å². The molecule has 0 fully saturated rings. The van der Waals surface area contributed by atoms with Crippen LogP contribution < -0.4 is 11.1 Å². The fraction of sp³-hybridized carbons (Fsp3) is 0.167. The van der Waals surface area contributed by atoms with Gasteiger partial charge >= 0.3 is 6.18 Å². The van der Waals surface area contributed by atoms with Crippen LogP contribution in [0.3, 0.4) is 0 Å². The molecule has 0 amide bonds. The lowest BCUT2D eigenvalue weighted by molar-refractivity contribution is -0.141. The average Bonchev–Trinajstić information content (AvgIpc) is 2.33. The number of nitrogens with zero attached hydrogens (tertiary/aromatic N) is 2. The normalized spacial score (nSPS) is 11.4. The molecule has 20 heavy (non-hydrogen) atoms. The van der Waals surface area contributed by atoms with Crippen LogP contribution in [0.15, 0.2) is 24.3 Å². The molecule has 0 aliphatic rings. The van der Waals surface area contributed by atoms with E-state index in [-0.39, 0.29) is 11.4 Å². The molecule has 0 unspecified atom stereocenters. The van der Waals surface area contributed by atoms with E-state index < -0.39 is 23.6 Å². The van der Waals surface area contributed by atoms with E-state index in [1.54, 1.807) is 0 Å². The second-order valence-corrected chi connectivity index (χ2v) is 4.03. The van der Waals surface area contributed by atoms with Crippen molar-refractivity contribution in [3.63, 3.8) is 0 Å². The van der Waals surface area contributed by atoms with Crippen molar-refractivity contribution in [2.24, 2.45) is 0 Å². The molecule has 0 spiro atoms. The third-order valence-corrected chi connectivity index (χ3v) is 2.56. The van der Waals surface area contributed by atoms with E-state index in [2.05, 4.69) is 15.3 Å². The van der Waals surface area contributed by atoms with Gasteiger partial charge in [-0.1, -0.05) is 6.07 Å². The second kappa shape index (κ2) is 4.95. The van der Waals surface area contributed by atoms with Gasteiger partial charge in [0, 0.05) is 17.3 Å². The quantitative estimate of drug-likeness (QED) is 0.832. The van der Waals surface area contributed by atoms with E-state index in [1.807, 2.05) is 0 Å². The molecule has 0 aliphatic carbocycles. The molecule has 4 nitrogen and oxygen atoms in total. The van der Waals surface area contributed by atoms with E-state index in [0.29, 0.717) is 11.8 Å². The molecule has 0 saturated carbocycles. The molecule has 0 saturated heterocycles. The summed E-state index contributed by atoms with van der Waals surface area (Å²) in [5.74, 6) is -1.15. The van der Waals surface area contributed by atoms with Crippen LogP contribution in [0.2, 0.25) is 0 Å². The summed E-state index contributed by atoms with van der Waals surface area (Å²) < 4.78 is 51.1. The smallest absolute Gasteiger partial charge is 0.368 e. The van der Waals surface area contributed by atoms with Crippen molar-refractivity contribution in [3.8, 4) is 0 Å². The monoisotopic (exact) mass is 286 g/mol. The summed E-state index contributed by atoms with van der Waals surface area (Å²) in [4.78, 5) is 6.76. The van der Waals surface area contributed by atoms with Crippen LogP contribution in [-0.4, -0.2) is 9.97 Å². The molecular formula is C12H10F4N4. The predicted molar refractivity (Wildman–Crippen MR) is 65.9 cm³/mol. The fourth-order valence-corrected chi connectivity index (χ4v) is 1.56. The maximum absolute atomic E-state index is 13.4. The number of benzene rings is 1. The molecule has 2 aromatic rings. The Morgan fingerprint density at radius 2 is 1.90 bits per heavy atom. The fourth-order valence-electron chi connectivity index (χ4n) is 1.56. The van der Waals surface area contributed by atoms with Gasteiger partial charge in [-0.2, -0.15) is 18.2 Å². The molecule has 1 aromatic carbocycles. The van der Waals surface area contributed by atoms with Crippen molar-refractivity contribution >= 4 is 17.5 Å². The van der Waals surface area contributed by atoms with Crippen molar-refractivity contribution in [2.45, 2.75) is 13.1 Å². The zero-order valence-electron chi connectivity index (χ0n) is 10.3. The first kappa shape index (κ1) is 14.0. The van der Waals surface area contributed by atoms with Crippen molar-refractivity contribution in [2.75, 3.05) is 11.1 Å². The van der Waals surface area contributed by atoms with Crippen molar-refractivity contribution < 1.29 is 17.6 Å². The Hall–Kier alpha value is -2.38. The number of hydrogen-bond donors (Lipinski definition) is 2. The third-order valence-electron chi connectivity index (χ3n) is 2.56. The Labute approximate surface area is 111 Å². The van der Waals surface area contributed by atoms with Crippen LogP contribution in [-0.2, 0) is 6.18 Å². The van der Waals surface area contributed by atoms with Crippen molar-refractivity contribution in [1.82, 2.24) is 9.97 Å². The number of nitrogens with two attached hydrogens (primary N) is 1. The molecule has 0 radical (unpaired) electrons. The van der Waals surface area contributed by atoms with Gasteiger partial charge in [0.05, 0.1) is 0 Å². The van der Waals surface area contributed by atoms with Crippen molar-refractivity contribution in [1.29, 1.82) is 0 Å². The van der Waals surface area contributed by atoms with E-state index in [1.165, 1.54) is 25.1 Å². The Bertz CT molecular complexity index is 640. The minimum Gasteiger partial charge on any atom is -0.368 e. The highest BCUT2D eigenvalue weighted by Gasteiger charge is 2.33. The lowest BCUT2D eigenvalue weighted by Crippen LogP contribution is -2.12. The highest BCUT2D eigenvalue weighted by Crippen LogP contribution is 2.30. The molecule has 8 heteroatoms. The molecule has 1 heterocycles. The number of nitrogens with one attached hydrogen (secondary N) is 1. The highest BCUT2D eigenvalue weighted by atomic mass is 19.4. The van der Waals surface area contributed by atoms with Crippen LogP contribution in [0.1, 0.15) is 11.3 Å². The van der Waals surface area contributed by atoms with Gasteiger partial charge in [-0.05, 0) is 19.1 Å². The van der Waals surface area contributed by atoms with Gasteiger partial charge in [0.2, 0.25) is 5.95 Å². The highest BCUT2D eigenvalue weighted by molar-refractivity contribution is 5.61. The summed E-state index contributed by atoms with van der Waals surface area (Å²) in [7, 11) is 0. The summed E-state index contributed by atoms with van der Waals surface area (Å²) in [5.41, 5.74) is 4.64. The minimum atomic E-state index is -4.63. The summed E-state index contributed by atoms with van der Waals surface area (Å²) in [5, 5.41) is 2.60. The van der Waals surface area contributed by atoms with Gasteiger partial charge in [-0.15, -0.1) is 0 Å².